The Morgan fingerprint density at radius 3 is 3.09 bits per heavy atom. The zero-order valence-corrected chi connectivity index (χ0v) is 6.75. The molecule has 1 aromatic rings. The molecule has 1 rings (SSSR count). The number of hydrogen-bond donors (Lipinski definition) is 2. The van der Waals surface area contributed by atoms with E-state index in [9.17, 15) is 0 Å². The predicted molar refractivity (Wildman–Crippen MR) is 44.0 cm³/mol. The van der Waals surface area contributed by atoms with Gasteiger partial charge in [-0.1, -0.05) is 0 Å². The second-order valence-electron chi connectivity index (χ2n) is 2.42. The molecule has 0 aliphatic heterocycles. The first kappa shape index (κ1) is 8.23. The van der Waals surface area contributed by atoms with Crippen molar-refractivity contribution in [3.63, 3.8) is 0 Å². The van der Waals surface area contributed by atoms with Gasteiger partial charge in [-0.3, -0.25) is 0 Å². The molecule has 0 fully saturated rings. The van der Waals surface area contributed by atoms with Gasteiger partial charge in [0.05, 0.1) is 18.7 Å². The Balaban J connectivity index is 2.44. The average molecular weight is 154 g/mol. The Morgan fingerprint density at radius 2 is 2.55 bits per heavy atom. The highest BCUT2D eigenvalue weighted by molar-refractivity contribution is 4.96. The van der Waals surface area contributed by atoms with Crippen LogP contribution < -0.4 is 11.1 Å². The lowest BCUT2D eigenvalue weighted by atomic mass is 10.3. The van der Waals surface area contributed by atoms with Crippen LogP contribution in [-0.4, -0.2) is 23.1 Å². The monoisotopic (exact) mass is 154 g/mol. The van der Waals surface area contributed by atoms with Gasteiger partial charge in [0, 0.05) is 19.2 Å². The number of likely N-dealkylation sites (N-methyl/N-ethyl adjacent to an activating group) is 1. The van der Waals surface area contributed by atoms with Crippen LogP contribution >= 0.6 is 0 Å². The molecular weight excluding hydrogens is 140 g/mol. The summed E-state index contributed by atoms with van der Waals surface area (Å²) in [5.41, 5.74) is 6.49. The van der Waals surface area contributed by atoms with E-state index in [2.05, 4.69) is 10.3 Å². The van der Waals surface area contributed by atoms with Crippen LogP contribution in [0.5, 0.6) is 0 Å². The van der Waals surface area contributed by atoms with Crippen molar-refractivity contribution in [2.75, 3.05) is 13.6 Å². The molecule has 62 valence electrons. The van der Waals surface area contributed by atoms with E-state index in [4.69, 9.17) is 5.73 Å². The van der Waals surface area contributed by atoms with Gasteiger partial charge in [0.1, 0.15) is 0 Å². The van der Waals surface area contributed by atoms with E-state index in [1.807, 2.05) is 17.8 Å². The number of nitrogens with zero attached hydrogens (tertiary/aromatic N) is 2. The second-order valence-corrected chi connectivity index (χ2v) is 2.42. The number of hydrogen-bond acceptors (Lipinski definition) is 3. The number of nitrogens with two attached hydrogens (primary N) is 1. The van der Waals surface area contributed by atoms with Gasteiger partial charge in [0.15, 0.2) is 0 Å². The fraction of sp³-hybridized carbons (Fsp3) is 0.571. The summed E-state index contributed by atoms with van der Waals surface area (Å²) in [6, 6.07) is 0. The van der Waals surface area contributed by atoms with Crippen LogP contribution in [0.25, 0.3) is 0 Å². The van der Waals surface area contributed by atoms with Crippen molar-refractivity contribution in [2.45, 2.75) is 13.1 Å². The van der Waals surface area contributed by atoms with Crippen LogP contribution in [0.4, 0.5) is 0 Å². The van der Waals surface area contributed by atoms with E-state index >= 15 is 0 Å². The Kier molecular flexibility index (Phi) is 3.07. The van der Waals surface area contributed by atoms with E-state index in [0.717, 1.165) is 18.7 Å². The molecule has 0 bridgehead atoms. The maximum atomic E-state index is 5.40. The summed E-state index contributed by atoms with van der Waals surface area (Å²) in [7, 11) is 1.93. The van der Waals surface area contributed by atoms with Crippen molar-refractivity contribution >= 4 is 0 Å². The highest BCUT2D eigenvalue weighted by Gasteiger charge is 1.95. The molecule has 0 atom stereocenters. The summed E-state index contributed by atoms with van der Waals surface area (Å²) in [6.45, 7) is 1.47. The lowest BCUT2D eigenvalue weighted by Crippen LogP contribution is -2.10. The molecule has 11 heavy (non-hydrogen) atoms. The lowest BCUT2D eigenvalue weighted by molar-refractivity contribution is 0.728. The van der Waals surface area contributed by atoms with Crippen molar-refractivity contribution in [3.8, 4) is 0 Å². The van der Waals surface area contributed by atoms with E-state index in [1.54, 1.807) is 6.33 Å². The van der Waals surface area contributed by atoms with Crippen molar-refractivity contribution in [1.29, 1.82) is 0 Å². The molecule has 0 saturated heterocycles. The molecule has 4 nitrogen and oxygen atoms in total. The molecule has 0 radical (unpaired) electrons. The van der Waals surface area contributed by atoms with Crippen LogP contribution in [0.3, 0.4) is 0 Å². The topological polar surface area (TPSA) is 55.9 Å². The second kappa shape index (κ2) is 4.10. The Morgan fingerprint density at radius 1 is 1.73 bits per heavy atom. The van der Waals surface area contributed by atoms with Crippen LogP contribution in [0.15, 0.2) is 12.5 Å². The summed E-state index contributed by atoms with van der Waals surface area (Å²) in [6.07, 6.45) is 4.69. The third-order valence-electron chi connectivity index (χ3n) is 1.53. The van der Waals surface area contributed by atoms with E-state index in [0.29, 0.717) is 6.67 Å². The molecule has 0 spiro atoms. The average Bonchev–Trinajstić information content (AvgIpc) is 2.48. The van der Waals surface area contributed by atoms with E-state index < -0.39 is 0 Å². The highest BCUT2D eigenvalue weighted by Crippen LogP contribution is 1.94. The summed E-state index contributed by atoms with van der Waals surface area (Å²) in [4.78, 5) is 4.17. The predicted octanol–water partition coefficient (Wildman–Crippen LogP) is -0.439. The molecular formula is C7H14N4. The van der Waals surface area contributed by atoms with Crippen molar-refractivity contribution < 1.29 is 0 Å². The van der Waals surface area contributed by atoms with Gasteiger partial charge in [0.25, 0.3) is 0 Å². The largest absolute Gasteiger partial charge is 0.324 e. The molecule has 3 N–H and O–H groups in total. The molecule has 4 heteroatoms. The molecule has 0 amide bonds. The van der Waals surface area contributed by atoms with Gasteiger partial charge in [-0.2, -0.15) is 0 Å². The zero-order valence-electron chi connectivity index (χ0n) is 6.75. The molecule has 0 aromatic carbocycles. The van der Waals surface area contributed by atoms with E-state index in [1.165, 1.54) is 0 Å². The molecule has 0 unspecified atom stereocenters. The van der Waals surface area contributed by atoms with Gasteiger partial charge < -0.3 is 15.6 Å². The standard InChI is InChI=1S/C7H14N4/c1-9-3-2-7-4-11(5-8)6-10-7/h4,6,9H,2-3,5,8H2,1H3. The maximum absolute atomic E-state index is 5.40. The third kappa shape index (κ3) is 2.32. The molecule has 0 saturated carbocycles. The lowest BCUT2D eigenvalue weighted by Gasteiger charge is -1.94. The molecule has 1 aromatic heterocycles. The van der Waals surface area contributed by atoms with E-state index in [-0.39, 0.29) is 0 Å². The van der Waals surface area contributed by atoms with Crippen molar-refractivity contribution in [1.82, 2.24) is 14.9 Å². The number of imidazole rings is 1. The zero-order chi connectivity index (χ0) is 8.10. The fourth-order valence-electron chi connectivity index (χ4n) is 0.888. The Hall–Kier alpha value is -0.870. The first-order chi connectivity index (χ1) is 5.36. The minimum atomic E-state index is 0.507. The summed E-state index contributed by atoms with van der Waals surface area (Å²) >= 11 is 0. The van der Waals surface area contributed by atoms with Gasteiger partial charge >= 0.3 is 0 Å². The normalized spacial score (nSPS) is 10.4. The van der Waals surface area contributed by atoms with Crippen LogP contribution in [0.1, 0.15) is 5.69 Å². The SMILES string of the molecule is CNCCc1cn(CN)cn1. The van der Waals surface area contributed by atoms with Gasteiger partial charge in [-0.25, -0.2) is 4.98 Å². The molecule has 1 heterocycles. The highest BCUT2D eigenvalue weighted by atomic mass is 15.1. The minimum absolute atomic E-state index is 0.507. The van der Waals surface area contributed by atoms with Crippen molar-refractivity contribution in [3.05, 3.63) is 18.2 Å². The fourth-order valence-corrected chi connectivity index (χ4v) is 0.888. The first-order valence-electron chi connectivity index (χ1n) is 3.72. The molecule has 0 aliphatic rings. The maximum Gasteiger partial charge on any atom is 0.0960 e. The first-order valence-corrected chi connectivity index (χ1v) is 3.72. The van der Waals surface area contributed by atoms with Gasteiger partial charge in [-0.05, 0) is 7.05 Å². The van der Waals surface area contributed by atoms with Crippen LogP contribution in [0.2, 0.25) is 0 Å². The minimum Gasteiger partial charge on any atom is -0.324 e. The van der Waals surface area contributed by atoms with Gasteiger partial charge in [-0.15, -0.1) is 0 Å². The summed E-state index contributed by atoms with van der Waals surface area (Å²) in [5.74, 6) is 0. The van der Waals surface area contributed by atoms with Crippen molar-refractivity contribution in [2.24, 2.45) is 5.73 Å². The summed E-state index contributed by atoms with van der Waals surface area (Å²) < 4.78 is 1.87. The van der Waals surface area contributed by atoms with Crippen LogP contribution in [-0.2, 0) is 13.1 Å². The smallest absolute Gasteiger partial charge is 0.0960 e. The summed E-state index contributed by atoms with van der Waals surface area (Å²) in [5, 5.41) is 3.06. The van der Waals surface area contributed by atoms with Crippen LogP contribution in [0, 0.1) is 0 Å². The number of nitrogens with one attached hydrogen (secondary N) is 1. The Labute approximate surface area is 66.4 Å². The third-order valence-corrected chi connectivity index (χ3v) is 1.53. The number of rotatable bonds is 4. The molecule has 0 aliphatic carbocycles. The Bertz CT molecular complexity index is 206. The number of aromatic nitrogens is 2. The van der Waals surface area contributed by atoms with Gasteiger partial charge in [0.2, 0.25) is 0 Å². The quantitative estimate of drug-likeness (QED) is 0.618.